The van der Waals surface area contributed by atoms with Gasteiger partial charge in [-0.2, -0.15) is 4.52 Å². The van der Waals surface area contributed by atoms with E-state index in [1.807, 2.05) is 12.1 Å². The Hall–Kier alpha value is -2.45. The van der Waals surface area contributed by atoms with Gasteiger partial charge in [0.15, 0.2) is 11.4 Å². The van der Waals surface area contributed by atoms with Crippen molar-refractivity contribution in [2.45, 2.75) is 26.9 Å². The van der Waals surface area contributed by atoms with Gasteiger partial charge in [-0.05, 0) is 38.5 Å². The molecular formula is C16H17N5O2S. The molecule has 4 rings (SSSR count). The summed E-state index contributed by atoms with van der Waals surface area (Å²) in [5.41, 5.74) is 1.90. The van der Waals surface area contributed by atoms with Crippen molar-refractivity contribution in [3.8, 4) is 11.6 Å². The predicted octanol–water partition coefficient (Wildman–Crippen LogP) is 3.01. The number of hydrogen-bond donors (Lipinski definition) is 2. The lowest BCUT2D eigenvalue weighted by molar-refractivity contribution is 0.208. The Morgan fingerprint density at radius 2 is 2.21 bits per heavy atom. The molecule has 7 nitrogen and oxygen atoms in total. The number of aromatic nitrogens is 4. The van der Waals surface area contributed by atoms with E-state index in [9.17, 15) is 5.11 Å². The van der Waals surface area contributed by atoms with Gasteiger partial charge in [0.05, 0.1) is 17.8 Å². The summed E-state index contributed by atoms with van der Waals surface area (Å²) < 4.78 is 7.10. The fourth-order valence-corrected chi connectivity index (χ4v) is 3.60. The summed E-state index contributed by atoms with van der Waals surface area (Å²) in [6, 6.07) is 3.63. The first-order valence-electron chi connectivity index (χ1n) is 7.67. The molecule has 0 bridgehead atoms. The summed E-state index contributed by atoms with van der Waals surface area (Å²) in [4.78, 5) is 11.5. The minimum Gasteiger partial charge on any atom is -0.461 e. The monoisotopic (exact) mass is 343 g/mol. The molecule has 0 radical (unpaired) electrons. The summed E-state index contributed by atoms with van der Waals surface area (Å²) in [7, 11) is 0. The number of aliphatic hydroxyl groups is 1. The summed E-state index contributed by atoms with van der Waals surface area (Å²) in [5.74, 6) is 1.68. The second-order valence-electron chi connectivity index (χ2n) is 5.78. The lowest BCUT2D eigenvalue weighted by atomic mass is 10.2. The highest BCUT2D eigenvalue weighted by molar-refractivity contribution is 7.18. The SMILES string of the molecule is Cc1sc2nc(NC[C@H](C)O)n3nc(-c4ccco4)nc3c2c1C. The van der Waals surface area contributed by atoms with Crippen LogP contribution in [0.2, 0.25) is 0 Å². The molecule has 1 atom stereocenters. The van der Waals surface area contributed by atoms with Crippen LogP contribution in [0, 0.1) is 13.8 Å². The van der Waals surface area contributed by atoms with Crippen LogP contribution in [0.15, 0.2) is 22.8 Å². The van der Waals surface area contributed by atoms with E-state index in [0.717, 1.165) is 21.4 Å². The minimum atomic E-state index is -0.488. The number of fused-ring (bicyclic) bond motifs is 3. The van der Waals surface area contributed by atoms with Crippen LogP contribution in [0.4, 0.5) is 5.95 Å². The summed E-state index contributed by atoms with van der Waals surface area (Å²) in [5, 5.41) is 18.2. The maximum absolute atomic E-state index is 9.55. The maximum Gasteiger partial charge on any atom is 0.227 e. The molecule has 4 aromatic heterocycles. The topological polar surface area (TPSA) is 88.5 Å². The fourth-order valence-electron chi connectivity index (χ4n) is 2.58. The van der Waals surface area contributed by atoms with Gasteiger partial charge in [0.1, 0.15) is 4.83 Å². The third kappa shape index (κ3) is 2.35. The van der Waals surface area contributed by atoms with E-state index in [4.69, 9.17) is 4.42 Å². The number of hydrogen-bond acceptors (Lipinski definition) is 7. The average Bonchev–Trinajstić information content (AvgIpc) is 3.24. The van der Waals surface area contributed by atoms with Gasteiger partial charge >= 0.3 is 0 Å². The molecule has 0 amide bonds. The quantitative estimate of drug-likeness (QED) is 0.592. The molecule has 8 heteroatoms. The molecule has 0 saturated heterocycles. The Morgan fingerprint density at radius 1 is 1.38 bits per heavy atom. The van der Waals surface area contributed by atoms with Crippen molar-refractivity contribution in [3.05, 3.63) is 28.8 Å². The number of nitrogens with zero attached hydrogens (tertiary/aromatic N) is 4. The second kappa shape index (κ2) is 5.57. The first-order valence-corrected chi connectivity index (χ1v) is 8.48. The van der Waals surface area contributed by atoms with Crippen molar-refractivity contribution in [1.29, 1.82) is 0 Å². The number of furan rings is 1. The summed E-state index contributed by atoms with van der Waals surface area (Å²) in [6.45, 7) is 6.25. The van der Waals surface area contributed by atoms with E-state index in [1.165, 1.54) is 4.88 Å². The molecule has 0 aliphatic carbocycles. The molecule has 0 aliphatic heterocycles. The second-order valence-corrected chi connectivity index (χ2v) is 6.98. The summed E-state index contributed by atoms with van der Waals surface area (Å²) >= 11 is 1.63. The van der Waals surface area contributed by atoms with Crippen LogP contribution >= 0.6 is 11.3 Å². The number of nitrogens with one attached hydrogen (secondary N) is 1. The van der Waals surface area contributed by atoms with E-state index in [-0.39, 0.29) is 0 Å². The Kier molecular flexibility index (Phi) is 3.50. The molecular weight excluding hydrogens is 326 g/mol. The van der Waals surface area contributed by atoms with Crippen molar-refractivity contribution >= 4 is 33.1 Å². The van der Waals surface area contributed by atoms with Gasteiger partial charge < -0.3 is 14.8 Å². The highest BCUT2D eigenvalue weighted by Crippen LogP contribution is 2.33. The van der Waals surface area contributed by atoms with E-state index in [2.05, 4.69) is 34.2 Å². The van der Waals surface area contributed by atoms with Gasteiger partial charge in [-0.25, -0.2) is 9.97 Å². The lowest BCUT2D eigenvalue weighted by Crippen LogP contribution is -2.18. The van der Waals surface area contributed by atoms with Gasteiger partial charge in [-0.3, -0.25) is 0 Å². The van der Waals surface area contributed by atoms with Crippen LogP contribution in [0.3, 0.4) is 0 Å². The highest BCUT2D eigenvalue weighted by atomic mass is 32.1. The highest BCUT2D eigenvalue weighted by Gasteiger charge is 2.19. The third-order valence-corrected chi connectivity index (χ3v) is 5.00. The smallest absolute Gasteiger partial charge is 0.227 e. The van der Waals surface area contributed by atoms with Gasteiger partial charge in [-0.15, -0.1) is 16.4 Å². The van der Waals surface area contributed by atoms with Crippen LogP contribution in [0.5, 0.6) is 0 Å². The first-order chi connectivity index (χ1) is 11.5. The predicted molar refractivity (Wildman–Crippen MR) is 93.5 cm³/mol. The maximum atomic E-state index is 9.55. The van der Waals surface area contributed by atoms with E-state index in [0.29, 0.717) is 24.1 Å². The molecule has 24 heavy (non-hydrogen) atoms. The van der Waals surface area contributed by atoms with Crippen LogP contribution in [-0.2, 0) is 0 Å². The molecule has 2 N–H and O–H groups in total. The van der Waals surface area contributed by atoms with Gasteiger partial charge in [-0.1, -0.05) is 0 Å². The Bertz CT molecular complexity index is 1020. The zero-order chi connectivity index (χ0) is 16.8. The molecule has 0 unspecified atom stereocenters. The van der Waals surface area contributed by atoms with Gasteiger partial charge in [0, 0.05) is 11.4 Å². The number of anilines is 1. The third-order valence-electron chi connectivity index (χ3n) is 3.90. The number of aryl methyl sites for hydroxylation is 2. The van der Waals surface area contributed by atoms with Gasteiger partial charge in [0.2, 0.25) is 11.8 Å². The van der Waals surface area contributed by atoms with Crippen molar-refractivity contribution in [1.82, 2.24) is 19.6 Å². The molecule has 0 fully saturated rings. The van der Waals surface area contributed by atoms with Crippen molar-refractivity contribution < 1.29 is 9.52 Å². The number of rotatable bonds is 4. The molecule has 124 valence electrons. The average molecular weight is 343 g/mol. The normalized spacial score (nSPS) is 13.0. The van der Waals surface area contributed by atoms with E-state index < -0.39 is 6.10 Å². The van der Waals surface area contributed by atoms with E-state index in [1.54, 1.807) is 29.0 Å². The number of thiophene rings is 1. The molecule has 4 heterocycles. The largest absolute Gasteiger partial charge is 0.461 e. The summed E-state index contributed by atoms with van der Waals surface area (Å²) in [6.07, 6.45) is 1.11. The number of aliphatic hydroxyl groups excluding tert-OH is 1. The Labute approximate surface area is 142 Å². The van der Waals surface area contributed by atoms with Gasteiger partial charge in [0.25, 0.3) is 0 Å². The molecule has 4 aromatic rings. The molecule has 0 spiro atoms. The zero-order valence-corrected chi connectivity index (χ0v) is 14.4. The standard InChI is InChI=1S/C16H17N5O2S/c1-8(22)7-17-16-19-15-12(9(2)10(3)24-15)14-18-13(20-21(14)16)11-5-4-6-23-11/h4-6,8,22H,7H2,1-3H3,(H,17,19)/t8-/m0/s1. The van der Waals surface area contributed by atoms with E-state index >= 15 is 0 Å². The Morgan fingerprint density at radius 3 is 2.92 bits per heavy atom. The first kappa shape index (κ1) is 15.1. The lowest BCUT2D eigenvalue weighted by Gasteiger charge is -2.09. The Balaban J connectivity index is 1.99. The van der Waals surface area contributed by atoms with Crippen molar-refractivity contribution in [2.75, 3.05) is 11.9 Å². The fraction of sp³-hybridized carbons (Fsp3) is 0.312. The van der Waals surface area contributed by atoms with Crippen LogP contribution in [-0.4, -0.2) is 37.3 Å². The molecule has 0 aromatic carbocycles. The zero-order valence-electron chi connectivity index (χ0n) is 13.6. The minimum absolute atomic E-state index is 0.382. The molecule has 0 aliphatic rings. The van der Waals surface area contributed by atoms with Crippen LogP contribution in [0.25, 0.3) is 27.4 Å². The van der Waals surface area contributed by atoms with Crippen molar-refractivity contribution in [2.24, 2.45) is 0 Å². The molecule has 0 saturated carbocycles. The van der Waals surface area contributed by atoms with Crippen LogP contribution in [0.1, 0.15) is 17.4 Å². The van der Waals surface area contributed by atoms with Crippen LogP contribution < -0.4 is 5.32 Å². The van der Waals surface area contributed by atoms with Crippen molar-refractivity contribution in [3.63, 3.8) is 0 Å².